The molecule has 0 bridgehead atoms. The molecule has 1 aliphatic rings. The molecule has 0 fully saturated rings. The number of nitrogens with zero attached hydrogens (tertiary/aromatic N) is 4. The highest BCUT2D eigenvalue weighted by atomic mass is 16.5. The summed E-state index contributed by atoms with van der Waals surface area (Å²) >= 11 is 0. The van der Waals surface area contributed by atoms with Gasteiger partial charge in [-0.3, -0.25) is 9.55 Å². The van der Waals surface area contributed by atoms with Crippen molar-refractivity contribution in [1.82, 2.24) is 14.5 Å². The summed E-state index contributed by atoms with van der Waals surface area (Å²) in [5, 5.41) is 2.32. The molecular formula is C43H46N4O2. The fraction of sp³-hybridized carbons (Fsp3) is 0.326. The topological polar surface area (TPSA) is 61.5 Å². The average molecular weight is 651 g/mol. The molecule has 49 heavy (non-hydrogen) atoms. The SMILES string of the molecule is CCCC(CCC)[C@@H]1COC(c2cc(Oc3cc(-n4c5ccc(C)cc5c5cccnc54)cc(C(C)(C)C)c3)cc(-c3ccccn3)c2)=N1. The number of hydrogen-bond donors (Lipinski definition) is 0. The summed E-state index contributed by atoms with van der Waals surface area (Å²) in [5.41, 5.74) is 8.05. The zero-order chi connectivity index (χ0) is 34.1. The van der Waals surface area contributed by atoms with E-state index in [1.807, 2.05) is 36.7 Å². The maximum absolute atomic E-state index is 6.84. The third kappa shape index (κ3) is 6.69. The number of benzene rings is 3. The molecule has 0 spiro atoms. The molecule has 6 nitrogen and oxygen atoms in total. The van der Waals surface area contributed by atoms with Crippen LogP contribution in [0.15, 0.2) is 102 Å². The first-order chi connectivity index (χ1) is 23.7. The van der Waals surface area contributed by atoms with Gasteiger partial charge in [0.25, 0.3) is 0 Å². The Morgan fingerprint density at radius 2 is 1.59 bits per heavy atom. The molecule has 6 heteroatoms. The van der Waals surface area contributed by atoms with Crippen molar-refractivity contribution in [3.05, 3.63) is 114 Å². The van der Waals surface area contributed by atoms with Crippen LogP contribution in [0, 0.1) is 12.8 Å². The lowest BCUT2D eigenvalue weighted by Crippen LogP contribution is -2.19. The smallest absolute Gasteiger partial charge is 0.216 e. The Balaban J connectivity index is 1.34. The van der Waals surface area contributed by atoms with Crippen LogP contribution in [0.4, 0.5) is 0 Å². The van der Waals surface area contributed by atoms with Crippen LogP contribution in [0.2, 0.25) is 0 Å². The maximum Gasteiger partial charge on any atom is 0.216 e. The third-order valence-electron chi connectivity index (χ3n) is 9.58. The summed E-state index contributed by atoms with van der Waals surface area (Å²) in [7, 11) is 0. The number of aryl methyl sites for hydroxylation is 1. The Hall–Kier alpha value is -4.97. The van der Waals surface area contributed by atoms with Gasteiger partial charge in [0, 0.05) is 40.4 Å². The summed E-state index contributed by atoms with van der Waals surface area (Å²) in [6.07, 6.45) is 8.31. The van der Waals surface area contributed by atoms with E-state index < -0.39 is 0 Å². The minimum Gasteiger partial charge on any atom is -0.475 e. The van der Waals surface area contributed by atoms with Gasteiger partial charge in [-0.05, 0) is 103 Å². The van der Waals surface area contributed by atoms with Crippen LogP contribution in [0.1, 0.15) is 77.0 Å². The van der Waals surface area contributed by atoms with Crippen LogP contribution in [0.3, 0.4) is 0 Å². The van der Waals surface area contributed by atoms with Crippen LogP contribution in [0.25, 0.3) is 38.9 Å². The zero-order valence-corrected chi connectivity index (χ0v) is 29.5. The van der Waals surface area contributed by atoms with Gasteiger partial charge in [-0.1, -0.05) is 65.2 Å². The quantitative estimate of drug-likeness (QED) is 0.148. The monoisotopic (exact) mass is 650 g/mol. The highest BCUT2D eigenvalue weighted by Crippen LogP contribution is 2.38. The van der Waals surface area contributed by atoms with E-state index in [9.17, 15) is 0 Å². The normalized spacial score (nSPS) is 14.8. The van der Waals surface area contributed by atoms with Gasteiger partial charge in [-0.15, -0.1) is 0 Å². The number of fused-ring (bicyclic) bond motifs is 3. The van der Waals surface area contributed by atoms with Gasteiger partial charge in [0.05, 0.1) is 22.9 Å². The Kier molecular flexibility index (Phi) is 8.98. The minimum absolute atomic E-state index is 0.118. The van der Waals surface area contributed by atoms with E-state index in [-0.39, 0.29) is 11.5 Å². The Bertz CT molecular complexity index is 2140. The van der Waals surface area contributed by atoms with Crippen molar-refractivity contribution < 1.29 is 9.47 Å². The number of aliphatic imine (C=N–C) groups is 1. The van der Waals surface area contributed by atoms with Crippen LogP contribution < -0.4 is 4.74 Å². The van der Waals surface area contributed by atoms with E-state index >= 15 is 0 Å². The van der Waals surface area contributed by atoms with Gasteiger partial charge < -0.3 is 9.47 Å². The first-order valence-corrected chi connectivity index (χ1v) is 17.7. The largest absolute Gasteiger partial charge is 0.475 e. The molecule has 0 amide bonds. The van der Waals surface area contributed by atoms with Crippen LogP contribution in [-0.4, -0.2) is 33.1 Å². The third-order valence-corrected chi connectivity index (χ3v) is 9.58. The second-order valence-corrected chi connectivity index (χ2v) is 14.4. The van der Waals surface area contributed by atoms with Crippen molar-refractivity contribution in [1.29, 1.82) is 0 Å². The van der Waals surface area contributed by atoms with Crippen LogP contribution in [0.5, 0.6) is 11.5 Å². The molecule has 6 aromatic rings. The van der Waals surface area contributed by atoms with Crippen molar-refractivity contribution in [3.63, 3.8) is 0 Å². The Morgan fingerprint density at radius 3 is 2.35 bits per heavy atom. The highest BCUT2D eigenvalue weighted by molar-refractivity contribution is 6.08. The molecule has 0 saturated heterocycles. The molecular weight excluding hydrogens is 604 g/mol. The van der Waals surface area contributed by atoms with Crippen molar-refractivity contribution >= 4 is 27.8 Å². The molecule has 0 N–H and O–H groups in total. The molecule has 7 rings (SSSR count). The average Bonchev–Trinajstić information content (AvgIpc) is 3.72. The summed E-state index contributed by atoms with van der Waals surface area (Å²) in [6, 6.07) is 29.7. The molecule has 3 aromatic heterocycles. The standard InChI is InChI=1S/C43H46N4O2/c1-7-12-29(13-8-2)39-27-48-42(46-39)31-21-30(38-15-9-10-18-44-38)22-34(23-31)49-35-25-32(43(4,5)6)24-33(26-35)47-40-17-16-28(3)20-37(40)36-14-11-19-45-41(36)47/h9-11,14-26,29,39H,7-8,12-13,27H2,1-6H3/t39-/m0/s1. The maximum atomic E-state index is 6.84. The predicted molar refractivity (Wildman–Crippen MR) is 201 cm³/mol. The fourth-order valence-electron chi connectivity index (χ4n) is 7.08. The molecule has 0 aliphatic carbocycles. The lowest BCUT2D eigenvalue weighted by atomic mass is 9.86. The number of ether oxygens (including phenoxy) is 2. The first-order valence-electron chi connectivity index (χ1n) is 17.7. The summed E-state index contributed by atoms with van der Waals surface area (Å²) in [5.74, 6) is 2.67. The number of hydrogen-bond acceptors (Lipinski definition) is 5. The lowest BCUT2D eigenvalue weighted by molar-refractivity contribution is 0.261. The van der Waals surface area contributed by atoms with Crippen molar-refractivity contribution in [2.45, 2.75) is 78.7 Å². The van der Waals surface area contributed by atoms with Crippen molar-refractivity contribution in [2.75, 3.05) is 6.61 Å². The second kappa shape index (κ2) is 13.5. The summed E-state index contributed by atoms with van der Waals surface area (Å²) in [6.45, 7) is 14.0. The van der Waals surface area contributed by atoms with Crippen molar-refractivity contribution in [2.24, 2.45) is 10.9 Å². The van der Waals surface area contributed by atoms with E-state index in [0.717, 1.165) is 70.5 Å². The molecule has 4 heterocycles. The van der Waals surface area contributed by atoms with Gasteiger partial charge in [0.15, 0.2) is 0 Å². The van der Waals surface area contributed by atoms with E-state index in [4.69, 9.17) is 19.5 Å². The van der Waals surface area contributed by atoms with Crippen molar-refractivity contribution in [3.8, 4) is 28.4 Å². The fourth-order valence-corrected chi connectivity index (χ4v) is 7.08. The molecule has 0 unspecified atom stereocenters. The lowest BCUT2D eigenvalue weighted by Gasteiger charge is -2.22. The predicted octanol–water partition coefficient (Wildman–Crippen LogP) is 11.0. The number of aromatic nitrogens is 3. The van der Waals surface area contributed by atoms with Crippen LogP contribution >= 0.6 is 0 Å². The van der Waals surface area contributed by atoms with Gasteiger partial charge in [-0.25, -0.2) is 9.98 Å². The first kappa shape index (κ1) is 32.6. The Labute approximate surface area is 289 Å². The van der Waals surface area contributed by atoms with Gasteiger partial charge in [0.2, 0.25) is 5.90 Å². The van der Waals surface area contributed by atoms with E-state index in [1.54, 1.807) is 0 Å². The highest BCUT2D eigenvalue weighted by Gasteiger charge is 2.28. The van der Waals surface area contributed by atoms with E-state index in [0.29, 0.717) is 24.2 Å². The molecule has 1 atom stereocenters. The Morgan fingerprint density at radius 1 is 0.816 bits per heavy atom. The number of rotatable bonds is 10. The van der Waals surface area contributed by atoms with Gasteiger partial charge >= 0.3 is 0 Å². The van der Waals surface area contributed by atoms with Crippen LogP contribution in [-0.2, 0) is 10.2 Å². The van der Waals surface area contributed by atoms with Gasteiger partial charge in [0.1, 0.15) is 23.8 Å². The molecule has 1 aliphatic heterocycles. The summed E-state index contributed by atoms with van der Waals surface area (Å²) < 4.78 is 15.4. The molecule has 0 radical (unpaired) electrons. The zero-order valence-electron chi connectivity index (χ0n) is 29.5. The minimum atomic E-state index is -0.118. The second-order valence-electron chi connectivity index (χ2n) is 14.4. The van der Waals surface area contributed by atoms with E-state index in [1.165, 1.54) is 16.5 Å². The molecule has 0 saturated carbocycles. The molecule has 3 aromatic carbocycles. The number of pyridine rings is 2. The van der Waals surface area contributed by atoms with E-state index in [2.05, 4.69) is 112 Å². The summed E-state index contributed by atoms with van der Waals surface area (Å²) in [4.78, 5) is 14.7. The van der Waals surface area contributed by atoms with Gasteiger partial charge in [-0.2, -0.15) is 0 Å². The molecule has 250 valence electrons.